The normalized spacial score (nSPS) is 14.8. The largest absolute Gasteiger partial charge is 0.490 e. The summed E-state index contributed by atoms with van der Waals surface area (Å²) in [6.45, 7) is 1.12. The molecule has 0 spiro atoms. The summed E-state index contributed by atoms with van der Waals surface area (Å²) in [7, 11) is 0. The van der Waals surface area contributed by atoms with Crippen molar-refractivity contribution < 1.29 is 19.1 Å². The fraction of sp³-hybridized carbons (Fsp3) is 0.120. The van der Waals surface area contributed by atoms with Crippen molar-refractivity contribution in [3.63, 3.8) is 0 Å². The number of imide groups is 1. The zero-order valence-corrected chi connectivity index (χ0v) is 19.5. The third kappa shape index (κ3) is 5.81. The van der Waals surface area contributed by atoms with Gasteiger partial charge in [-0.15, -0.1) is 0 Å². The van der Waals surface area contributed by atoms with E-state index >= 15 is 0 Å². The van der Waals surface area contributed by atoms with Crippen LogP contribution in [0.15, 0.2) is 88.2 Å². The van der Waals surface area contributed by atoms with Gasteiger partial charge in [0.2, 0.25) is 0 Å². The smallest absolute Gasteiger partial charge is 0.293 e. The molecule has 0 radical (unpaired) electrons. The lowest BCUT2D eigenvalue weighted by Crippen LogP contribution is -2.27. The van der Waals surface area contributed by atoms with Gasteiger partial charge in [-0.25, -0.2) is 0 Å². The minimum atomic E-state index is -0.277. The van der Waals surface area contributed by atoms with Gasteiger partial charge in [0, 0.05) is 4.47 Å². The molecule has 0 aliphatic carbocycles. The Morgan fingerprint density at radius 2 is 1.44 bits per heavy atom. The maximum absolute atomic E-state index is 12.7. The van der Waals surface area contributed by atoms with E-state index in [-0.39, 0.29) is 17.7 Å². The van der Waals surface area contributed by atoms with E-state index in [0.29, 0.717) is 23.9 Å². The number of benzene rings is 3. The van der Waals surface area contributed by atoms with Crippen LogP contribution in [0.25, 0.3) is 6.08 Å². The van der Waals surface area contributed by atoms with Gasteiger partial charge in [0.15, 0.2) is 0 Å². The van der Waals surface area contributed by atoms with Gasteiger partial charge >= 0.3 is 0 Å². The number of hydrogen-bond acceptors (Lipinski definition) is 5. The maximum atomic E-state index is 12.7. The Labute approximate surface area is 199 Å². The van der Waals surface area contributed by atoms with E-state index in [1.807, 2.05) is 78.9 Å². The molecule has 1 heterocycles. The minimum Gasteiger partial charge on any atom is -0.490 e. The second-order valence-corrected chi connectivity index (χ2v) is 8.88. The summed E-state index contributed by atoms with van der Waals surface area (Å²) in [4.78, 5) is 26.7. The van der Waals surface area contributed by atoms with Crippen LogP contribution in [0, 0.1) is 0 Å². The quantitative estimate of drug-likeness (QED) is 0.269. The molecule has 0 unspecified atom stereocenters. The van der Waals surface area contributed by atoms with Crippen molar-refractivity contribution in [2.24, 2.45) is 0 Å². The molecule has 5 nitrogen and oxygen atoms in total. The van der Waals surface area contributed by atoms with E-state index in [0.717, 1.165) is 33.1 Å². The lowest BCUT2D eigenvalue weighted by molar-refractivity contribution is -0.123. The fourth-order valence-electron chi connectivity index (χ4n) is 3.06. The molecule has 0 atom stereocenters. The Hall–Kier alpha value is -3.03. The number of hydrogen-bond donors (Lipinski definition) is 0. The SMILES string of the molecule is O=C1S/C(=C\c2ccc(OCCOc3ccccc3)cc2)C(=O)N1Cc1ccc(Br)cc1. The van der Waals surface area contributed by atoms with Gasteiger partial charge in [-0.1, -0.05) is 58.4 Å². The molecule has 2 amide bonds. The molecule has 32 heavy (non-hydrogen) atoms. The van der Waals surface area contributed by atoms with Crippen LogP contribution in [0.2, 0.25) is 0 Å². The molecule has 1 saturated heterocycles. The van der Waals surface area contributed by atoms with Crippen molar-refractivity contribution in [1.29, 1.82) is 0 Å². The summed E-state index contributed by atoms with van der Waals surface area (Å²) in [5.74, 6) is 1.24. The van der Waals surface area contributed by atoms with E-state index in [1.165, 1.54) is 4.90 Å². The third-order valence-electron chi connectivity index (χ3n) is 4.67. The van der Waals surface area contributed by atoms with Crippen LogP contribution >= 0.6 is 27.7 Å². The zero-order chi connectivity index (χ0) is 22.3. The highest BCUT2D eigenvalue weighted by atomic mass is 79.9. The minimum absolute atomic E-state index is 0.257. The number of para-hydroxylation sites is 1. The molecule has 0 bridgehead atoms. The predicted octanol–water partition coefficient (Wildman–Crippen LogP) is 6.14. The Morgan fingerprint density at radius 3 is 2.09 bits per heavy atom. The van der Waals surface area contributed by atoms with Crippen LogP contribution in [-0.2, 0) is 11.3 Å². The monoisotopic (exact) mass is 509 g/mol. The second-order valence-electron chi connectivity index (χ2n) is 6.97. The highest BCUT2D eigenvalue weighted by molar-refractivity contribution is 9.10. The lowest BCUT2D eigenvalue weighted by atomic mass is 10.2. The first kappa shape index (κ1) is 22.2. The first-order valence-corrected chi connectivity index (χ1v) is 11.6. The molecular weight excluding hydrogens is 490 g/mol. The van der Waals surface area contributed by atoms with Gasteiger partial charge < -0.3 is 9.47 Å². The second kappa shape index (κ2) is 10.5. The van der Waals surface area contributed by atoms with Crippen LogP contribution in [0.4, 0.5) is 4.79 Å². The molecule has 4 rings (SSSR count). The maximum Gasteiger partial charge on any atom is 0.293 e. The summed E-state index contributed by atoms with van der Waals surface area (Å²) < 4.78 is 12.3. The van der Waals surface area contributed by atoms with Crippen molar-refractivity contribution in [3.05, 3.63) is 99.4 Å². The van der Waals surface area contributed by atoms with Gasteiger partial charge in [-0.3, -0.25) is 14.5 Å². The van der Waals surface area contributed by atoms with Gasteiger partial charge in [0.25, 0.3) is 11.1 Å². The fourth-order valence-corrected chi connectivity index (χ4v) is 4.16. The number of amides is 2. The van der Waals surface area contributed by atoms with E-state index in [2.05, 4.69) is 15.9 Å². The third-order valence-corrected chi connectivity index (χ3v) is 6.11. The van der Waals surface area contributed by atoms with E-state index in [4.69, 9.17) is 9.47 Å². The Kier molecular flexibility index (Phi) is 7.29. The molecule has 0 saturated carbocycles. The van der Waals surface area contributed by atoms with Crippen molar-refractivity contribution in [2.75, 3.05) is 13.2 Å². The lowest BCUT2D eigenvalue weighted by Gasteiger charge is -2.12. The molecule has 162 valence electrons. The molecule has 7 heteroatoms. The van der Waals surface area contributed by atoms with E-state index in [1.54, 1.807) is 6.08 Å². The van der Waals surface area contributed by atoms with Crippen molar-refractivity contribution in [2.45, 2.75) is 6.54 Å². The Bertz CT molecular complexity index is 1110. The number of carbonyl (C=O) groups is 2. The molecule has 1 fully saturated rings. The molecule has 1 aliphatic rings. The van der Waals surface area contributed by atoms with Crippen molar-refractivity contribution >= 4 is 44.9 Å². The highest BCUT2D eigenvalue weighted by Crippen LogP contribution is 2.33. The standard InChI is InChI=1S/C25H20BrNO4S/c26-20-10-6-19(7-11-20)17-27-24(28)23(32-25(27)29)16-18-8-12-22(13-9-18)31-15-14-30-21-4-2-1-3-5-21/h1-13,16H,14-15,17H2/b23-16-. The Balaban J connectivity index is 1.31. The number of halogens is 1. The van der Waals surface area contributed by atoms with E-state index in [9.17, 15) is 9.59 Å². The first-order valence-electron chi connectivity index (χ1n) is 9.99. The van der Waals surface area contributed by atoms with Crippen LogP contribution in [0.1, 0.15) is 11.1 Å². The number of ether oxygens (including phenoxy) is 2. The topological polar surface area (TPSA) is 55.8 Å². The number of carbonyl (C=O) groups excluding carboxylic acids is 2. The molecular formula is C25H20BrNO4S. The van der Waals surface area contributed by atoms with Gasteiger partial charge in [0.05, 0.1) is 11.4 Å². The number of thioether (sulfide) groups is 1. The van der Waals surface area contributed by atoms with E-state index < -0.39 is 0 Å². The van der Waals surface area contributed by atoms with Crippen LogP contribution in [-0.4, -0.2) is 29.3 Å². The zero-order valence-electron chi connectivity index (χ0n) is 17.1. The van der Waals surface area contributed by atoms with Crippen LogP contribution < -0.4 is 9.47 Å². The van der Waals surface area contributed by atoms with Crippen molar-refractivity contribution in [1.82, 2.24) is 4.90 Å². The predicted molar refractivity (Wildman–Crippen MR) is 130 cm³/mol. The van der Waals surface area contributed by atoms with Gasteiger partial charge in [-0.05, 0) is 65.4 Å². The summed E-state index contributed by atoms with van der Waals surface area (Å²) in [5.41, 5.74) is 1.72. The first-order chi connectivity index (χ1) is 15.6. The van der Waals surface area contributed by atoms with Crippen LogP contribution in [0.5, 0.6) is 11.5 Å². The highest BCUT2D eigenvalue weighted by Gasteiger charge is 2.34. The molecule has 0 aromatic heterocycles. The number of rotatable bonds is 8. The average molecular weight is 510 g/mol. The summed E-state index contributed by atoms with van der Waals surface area (Å²) in [6.07, 6.45) is 1.73. The summed E-state index contributed by atoms with van der Waals surface area (Å²) in [5, 5.41) is -0.262. The van der Waals surface area contributed by atoms with Crippen molar-refractivity contribution in [3.8, 4) is 11.5 Å². The van der Waals surface area contributed by atoms with Crippen LogP contribution in [0.3, 0.4) is 0 Å². The average Bonchev–Trinajstić information content (AvgIpc) is 3.07. The summed E-state index contributed by atoms with van der Waals surface area (Å²) in [6, 6.07) is 24.5. The molecule has 0 N–H and O–H groups in total. The Morgan fingerprint density at radius 1 is 0.812 bits per heavy atom. The molecule has 3 aromatic rings. The summed E-state index contributed by atoms with van der Waals surface area (Å²) >= 11 is 4.34. The van der Waals surface area contributed by atoms with Gasteiger partial charge in [0.1, 0.15) is 24.7 Å². The number of nitrogens with zero attached hydrogens (tertiary/aromatic N) is 1. The van der Waals surface area contributed by atoms with Gasteiger partial charge in [-0.2, -0.15) is 0 Å². The molecule has 3 aromatic carbocycles. The molecule has 1 aliphatic heterocycles.